The Hall–Kier alpha value is -2.41. The molecule has 2 aromatic carbocycles. The van der Waals surface area contributed by atoms with Gasteiger partial charge in [0.05, 0.1) is 13.2 Å². The number of ether oxygens (including phenoxy) is 1. The lowest BCUT2D eigenvalue weighted by Gasteiger charge is -2.23. The highest BCUT2D eigenvalue weighted by Crippen LogP contribution is 2.24. The van der Waals surface area contributed by atoms with Crippen LogP contribution in [0, 0.1) is 6.92 Å². The van der Waals surface area contributed by atoms with Crippen molar-refractivity contribution in [3.05, 3.63) is 59.7 Å². The van der Waals surface area contributed by atoms with Gasteiger partial charge in [-0.15, -0.1) is 12.4 Å². The summed E-state index contributed by atoms with van der Waals surface area (Å²) in [5, 5.41) is 8.91. The average Bonchev–Trinajstić information content (AvgIpc) is 2.66. The third-order valence-corrected chi connectivity index (χ3v) is 4.11. The molecule has 0 spiro atoms. The summed E-state index contributed by atoms with van der Waals surface area (Å²) in [6, 6.07) is 14.1. The SMILES string of the molecule is Cc1c(NC(=O)c2ccccc2)cccc1NC(=O)C1COCCN1.Cl. The molecule has 1 unspecified atom stereocenters. The molecule has 2 amide bonds. The Kier molecular flexibility index (Phi) is 7.15. The van der Waals surface area contributed by atoms with Gasteiger partial charge in [-0.05, 0) is 36.8 Å². The van der Waals surface area contributed by atoms with Crippen molar-refractivity contribution < 1.29 is 14.3 Å². The van der Waals surface area contributed by atoms with Gasteiger partial charge in [-0.2, -0.15) is 0 Å². The summed E-state index contributed by atoms with van der Waals surface area (Å²) < 4.78 is 5.32. The molecule has 2 aromatic rings. The van der Waals surface area contributed by atoms with Gasteiger partial charge in [0.2, 0.25) is 5.91 Å². The molecule has 1 saturated heterocycles. The lowest BCUT2D eigenvalue weighted by atomic mass is 10.1. The Bertz CT molecular complexity index is 762. The van der Waals surface area contributed by atoms with Crippen LogP contribution in [-0.4, -0.2) is 37.6 Å². The number of amides is 2. The molecule has 1 aliphatic rings. The van der Waals surface area contributed by atoms with Gasteiger partial charge in [0.25, 0.3) is 5.91 Å². The molecule has 0 aliphatic carbocycles. The van der Waals surface area contributed by atoms with Crippen molar-refractivity contribution in [2.75, 3.05) is 30.4 Å². The second-order valence-electron chi connectivity index (χ2n) is 5.87. The molecule has 0 bridgehead atoms. The van der Waals surface area contributed by atoms with Crippen LogP contribution in [0.5, 0.6) is 0 Å². The molecule has 0 aromatic heterocycles. The first kappa shape index (κ1) is 19.9. The van der Waals surface area contributed by atoms with Crippen LogP contribution in [-0.2, 0) is 9.53 Å². The zero-order chi connectivity index (χ0) is 17.6. The molecule has 26 heavy (non-hydrogen) atoms. The van der Waals surface area contributed by atoms with E-state index >= 15 is 0 Å². The number of benzene rings is 2. The number of carbonyl (C=O) groups excluding carboxylic acids is 2. The molecule has 1 heterocycles. The van der Waals surface area contributed by atoms with E-state index in [0.29, 0.717) is 36.7 Å². The van der Waals surface area contributed by atoms with Gasteiger partial charge in [-0.3, -0.25) is 9.59 Å². The molecule has 3 N–H and O–H groups in total. The Morgan fingerprint density at radius 1 is 1.04 bits per heavy atom. The maximum absolute atomic E-state index is 12.3. The van der Waals surface area contributed by atoms with Gasteiger partial charge in [0, 0.05) is 23.5 Å². The fourth-order valence-corrected chi connectivity index (χ4v) is 2.64. The van der Waals surface area contributed by atoms with Gasteiger partial charge >= 0.3 is 0 Å². The number of hydrogen-bond donors (Lipinski definition) is 3. The third-order valence-electron chi connectivity index (χ3n) is 4.11. The molecule has 1 atom stereocenters. The quantitative estimate of drug-likeness (QED) is 0.767. The van der Waals surface area contributed by atoms with Crippen molar-refractivity contribution in [3.8, 4) is 0 Å². The Balaban J connectivity index is 0.00000243. The van der Waals surface area contributed by atoms with Crippen molar-refractivity contribution in [1.82, 2.24) is 5.32 Å². The first-order chi connectivity index (χ1) is 12.1. The molecule has 0 radical (unpaired) electrons. The van der Waals surface area contributed by atoms with Gasteiger partial charge in [-0.25, -0.2) is 0 Å². The van der Waals surface area contributed by atoms with Gasteiger partial charge in [0.1, 0.15) is 6.04 Å². The number of halogens is 1. The lowest BCUT2D eigenvalue weighted by Crippen LogP contribution is -2.48. The van der Waals surface area contributed by atoms with Crippen molar-refractivity contribution in [2.45, 2.75) is 13.0 Å². The van der Waals surface area contributed by atoms with E-state index in [9.17, 15) is 9.59 Å². The number of nitrogens with one attached hydrogen (secondary N) is 3. The summed E-state index contributed by atoms with van der Waals surface area (Å²) in [5.41, 5.74) is 2.72. The maximum atomic E-state index is 12.3. The van der Waals surface area contributed by atoms with E-state index in [1.807, 2.05) is 37.3 Å². The fraction of sp³-hybridized carbons (Fsp3) is 0.263. The second-order valence-corrected chi connectivity index (χ2v) is 5.87. The van der Waals surface area contributed by atoms with Crippen LogP contribution in [0.1, 0.15) is 15.9 Å². The standard InChI is InChI=1S/C19H21N3O3.ClH/c1-13-15(21-18(23)14-6-3-2-4-7-14)8-5-9-16(13)22-19(24)17-12-25-11-10-20-17;/h2-9,17,20H,10-12H2,1H3,(H,21,23)(H,22,24);1H. The summed E-state index contributed by atoms with van der Waals surface area (Å²) in [4.78, 5) is 24.7. The maximum Gasteiger partial charge on any atom is 0.255 e. The smallest absolute Gasteiger partial charge is 0.255 e. The van der Waals surface area contributed by atoms with Crippen LogP contribution in [0.15, 0.2) is 48.5 Å². The van der Waals surface area contributed by atoms with Crippen LogP contribution >= 0.6 is 12.4 Å². The van der Waals surface area contributed by atoms with Gasteiger partial charge in [0.15, 0.2) is 0 Å². The van der Waals surface area contributed by atoms with E-state index in [1.54, 1.807) is 18.2 Å². The van der Waals surface area contributed by atoms with Crippen LogP contribution < -0.4 is 16.0 Å². The molecule has 0 saturated carbocycles. The number of morpholine rings is 1. The normalized spacial score (nSPS) is 16.3. The minimum atomic E-state index is -0.365. The summed E-state index contributed by atoms with van der Waals surface area (Å²) in [6.07, 6.45) is 0. The van der Waals surface area contributed by atoms with Crippen LogP contribution in [0.25, 0.3) is 0 Å². The van der Waals surface area contributed by atoms with Crippen molar-refractivity contribution in [1.29, 1.82) is 0 Å². The summed E-state index contributed by atoms with van der Waals surface area (Å²) in [7, 11) is 0. The van der Waals surface area contributed by atoms with E-state index < -0.39 is 0 Å². The second kappa shape index (κ2) is 9.33. The molecule has 7 heteroatoms. The fourth-order valence-electron chi connectivity index (χ4n) is 2.64. The zero-order valence-electron chi connectivity index (χ0n) is 14.5. The Morgan fingerprint density at radius 2 is 1.73 bits per heavy atom. The van der Waals surface area contributed by atoms with Crippen LogP contribution in [0.2, 0.25) is 0 Å². The van der Waals surface area contributed by atoms with Crippen LogP contribution in [0.3, 0.4) is 0 Å². The molecule has 1 aliphatic heterocycles. The topological polar surface area (TPSA) is 79.5 Å². The molecule has 1 fully saturated rings. The highest BCUT2D eigenvalue weighted by atomic mass is 35.5. The molecule has 3 rings (SSSR count). The molecule has 6 nitrogen and oxygen atoms in total. The third kappa shape index (κ3) is 4.82. The van der Waals surface area contributed by atoms with Crippen molar-refractivity contribution >= 4 is 35.6 Å². The number of anilines is 2. The van der Waals surface area contributed by atoms with Crippen LogP contribution in [0.4, 0.5) is 11.4 Å². The van der Waals surface area contributed by atoms with E-state index in [4.69, 9.17) is 4.74 Å². The Labute approximate surface area is 158 Å². The zero-order valence-corrected chi connectivity index (χ0v) is 15.3. The van der Waals surface area contributed by atoms with Gasteiger partial charge < -0.3 is 20.7 Å². The molecule has 138 valence electrons. The monoisotopic (exact) mass is 375 g/mol. The first-order valence-corrected chi connectivity index (χ1v) is 8.23. The summed E-state index contributed by atoms with van der Waals surface area (Å²) in [5.74, 6) is -0.330. The number of rotatable bonds is 4. The largest absolute Gasteiger partial charge is 0.378 e. The van der Waals surface area contributed by atoms with Gasteiger partial charge in [-0.1, -0.05) is 24.3 Å². The summed E-state index contributed by atoms with van der Waals surface area (Å²) in [6.45, 7) is 3.49. The van der Waals surface area contributed by atoms with E-state index in [2.05, 4.69) is 16.0 Å². The molecular formula is C19H22ClN3O3. The Morgan fingerprint density at radius 3 is 2.38 bits per heavy atom. The highest BCUT2D eigenvalue weighted by Gasteiger charge is 2.22. The predicted molar refractivity (Wildman–Crippen MR) is 104 cm³/mol. The summed E-state index contributed by atoms with van der Waals surface area (Å²) >= 11 is 0. The number of hydrogen-bond acceptors (Lipinski definition) is 4. The van der Waals surface area contributed by atoms with Crippen molar-refractivity contribution in [2.24, 2.45) is 0 Å². The lowest BCUT2D eigenvalue weighted by molar-refractivity contribution is -0.120. The average molecular weight is 376 g/mol. The highest BCUT2D eigenvalue weighted by molar-refractivity contribution is 6.05. The number of carbonyl (C=O) groups is 2. The van der Waals surface area contributed by atoms with E-state index in [1.165, 1.54) is 0 Å². The first-order valence-electron chi connectivity index (χ1n) is 8.23. The van der Waals surface area contributed by atoms with E-state index in [-0.39, 0.29) is 30.3 Å². The van der Waals surface area contributed by atoms with E-state index in [0.717, 1.165) is 5.56 Å². The minimum absolute atomic E-state index is 0. The molecular weight excluding hydrogens is 354 g/mol. The van der Waals surface area contributed by atoms with Crippen molar-refractivity contribution in [3.63, 3.8) is 0 Å². The minimum Gasteiger partial charge on any atom is -0.378 e. The predicted octanol–water partition coefficient (Wildman–Crippen LogP) is 2.60.